The smallest absolute Gasteiger partial charge is 0.0907 e. The number of hydrogen-bond donors (Lipinski definition) is 1. The van der Waals surface area contributed by atoms with Gasteiger partial charge in [-0.15, -0.1) is 11.3 Å². The van der Waals surface area contributed by atoms with Gasteiger partial charge in [0, 0.05) is 4.88 Å². The summed E-state index contributed by atoms with van der Waals surface area (Å²) >= 11 is 1.66. The monoisotopic (exact) mass is 184 g/mol. The van der Waals surface area contributed by atoms with Crippen molar-refractivity contribution in [2.24, 2.45) is 5.92 Å². The molecule has 2 heteroatoms. The quantitative estimate of drug-likeness (QED) is 0.765. The van der Waals surface area contributed by atoms with Gasteiger partial charge in [0.05, 0.1) is 6.10 Å². The average Bonchev–Trinajstić information content (AvgIpc) is 2.49. The first-order valence-corrected chi connectivity index (χ1v) is 5.29. The zero-order valence-corrected chi connectivity index (χ0v) is 8.69. The maximum Gasteiger partial charge on any atom is 0.0907 e. The minimum absolute atomic E-state index is 0.278. The summed E-state index contributed by atoms with van der Waals surface area (Å²) in [6, 6.07) is 2.10. The summed E-state index contributed by atoms with van der Waals surface area (Å²) in [4.78, 5) is 1.15. The van der Waals surface area contributed by atoms with E-state index in [-0.39, 0.29) is 6.10 Å². The maximum atomic E-state index is 9.81. The topological polar surface area (TPSA) is 20.2 Å². The lowest BCUT2D eigenvalue weighted by Gasteiger charge is -2.14. The van der Waals surface area contributed by atoms with Gasteiger partial charge in [-0.1, -0.05) is 20.8 Å². The Bertz CT molecular complexity index is 240. The van der Waals surface area contributed by atoms with E-state index in [1.807, 2.05) is 13.8 Å². The first-order chi connectivity index (χ1) is 5.66. The molecule has 0 radical (unpaired) electrons. The van der Waals surface area contributed by atoms with Crippen LogP contribution in [0.1, 0.15) is 37.3 Å². The number of aliphatic hydroxyl groups excluding tert-OH is 1. The van der Waals surface area contributed by atoms with E-state index in [0.29, 0.717) is 5.92 Å². The van der Waals surface area contributed by atoms with Crippen molar-refractivity contribution in [3.05, 3.63) is 21.9 Å². The van der Waals surface area contributed by atoms with Crippen LogP contribution in [0.4, 0.5) is 0 Å². The molecule has 0 bridgehead atoms. The third kappa shape index (κ3) is 1.87. The van der Waals surface area contributed by atoms with Crippen molar-refractivity contribution in [2.45, 2.75) is 33.3 Å². The second kappa shape index (κ2) is 4.06. The summed E-state index contributed by atoms with van der Waals surface area (Å²) in [5.74, 6) is 0.314. The standard InChI is InChI=1S/C10H16OS/c1-4-8-5-6-12-10(8)9(11)7(2)3/h5-7,9,11H,4H2,1-3H3. The van der Waals surface area contributed by atoms with Gasteiger partial charge in [0.25, 0.3) is 0 Å². The summed E-state index contributed by atoms with van der Waals surface area (Å²) in [6.45, 7) is 6.21. The molecule has 12 heavy (non-hydrogen) atoms. The Hall–Kier alpha value is -0.340. The fraction of sp³-hybridized carbons (Fsp3) is 0.600. The Morgan fingerprint density at radius 1 is 1.50 bits per heavy atom. The zero-order chi connectivity index (χ0) is 9.14. The van der Waals surface area contributed by atoms with Crippen LogP contribution in [0.25, 0.3) is 0 Å². The predicted molar refractivity (Wildman–Crippen MR) is 53.5 cm³/mol. The molecule has 1 N–H and O–H groups in total. The van der Waals surface area contributed by atoms with Gasteiger partial charge in [-0.05, 0) is 29.3 Å². The number of hydrogen-bond acceptors (Lipinski definition) is 2. The summed E-state index contributed by atoms with van der Waals surface area (Å²) in [6.07, 6.45) is 0.739. The van der Waals surface area contributed by atoms with Crippen molar-refractivity contribution in [2.75, 3.05) is 0 Å². The third-order valence-electron chi connectivity index (χ3n) is 2.06. The van der Waals surface area contributed by atoms with E-state index in [1.165, 1.54) is 5.56 Å². The Morgan fingerprint density at radius 2 is 2.17 bits per heavy atom. The van der Waals surface area contributed by atoms with E-state index in [2.05, 4.69) is 18.4 Å². The molecule has 1 aromatic rings. The molecule has 68 valence electrons. The molecule has 0 fully saturated rings. The summed E-state index contributed by atoms with van der Waals surface area (Å²) < 4.78 is 0. The van der Waals surface area contributed by atoms with Crippen LogP contribution in [-0.4, -0.2) is 5.11 Å². The van der Waals surface area contributed by atoms with E-state index >= 15 is 0 Å². The van der Waals surface area contributed by atoms with Gasteiger partial charge in [-0.25, -0.2) is 0 Å². The van der Waals surface area contributed by atoms with Crippen molar-refractivity contribution in [3.8, 4) is 0 Å². The van der Waals surface area contributed by atoms with Gasteiger partial charge in [-0.2, -0.15) is 0 Å². The lowest BCUT2D eigenvalue weighted by molar-refractivity contribution is 0.129. The third-order valence-corrected chi connectivity index (χ3v) is 3.09. The maximum absolute atomic E-state index is 9.81. The van der Waals surface area contributed by atoms with Gasteiger partial charge in [-0.3, -0.25) is 0 Å². The Morgan fingerprint density at radius 3 is 2.67 bits per heavy atom. The lowest BCUT2D eigenvalue weighted by atomic mass is 10.0. The summed E-state index contributed by atoms with van der Waals surface area (Å²) in [5, 5.41) is 11.9. The average molecular weight is 184 g/mol. The number of thiophene rings is 1. The molecule has 1 nitrogen and oxygen atoms in total. The van der Waals surface area contributed by atoms with Crippen LogP contribution in [0.5, 0.6) is 0 Å². The van der Waals surface area contributed by atoms with Crippen molar-refractivity contribution in [1.29, 1.82) is 0 Å². The van der Waals surface area contributed by atoms with Crippen LogP contribution in [0, 0.1) is 5.92 Å². The van der Waals surface area contributed by atoms with Gasteiger partial charge in [0.15, 0.2) is 0 Å². The van der Waals surface area contributed by atoms with Gasteiger partial charge in [0.2, 0.25) is 0 Å². The molecular weight excluding hydrogens is 168 g/mol. The second-order valence-electron chi connectivity index (χ2n) is 3.35. The lowest BCUT2D eigenvalue weighted by Crippen LogP contribution is -2.05. The minimum Gasteiger partial charge on any atom is -0.387 e. The highest BCUT2D eigenvalue weighted by atomic mass is 32.1. The molecule has 1 unspecified atom stereocenters. The van der Waals surface area contributed by atoms with Crippen LogP contribution >= 0.6 is 11.3 Å². The molecule has 0 aliphatic heterocycles. The van der Waals surface area contributed by atoms with E-state index < -0.39 is 0 Å². The highest BCUT2D eigenvalue weighted by Gasteiger charge is 2.15. The minimum atomic E-state index is -0.278. The van der Waals surface area contributed by atoms with Gasteiger partial charge < -0.3 is 5.11 Å². The molecule has 0 aliphatic carbocycles. The molecular formula is C10H16OS. The largest absolute Gasteiger partial charge is 0.387 e. The zero-order valence-electron chi connectivity index (χ0n) is 7.87. The van der Waals surface area contributed by atoms with E-state index in [1.54, 1.807) is 11.3 Å². The van der Waals surface area contributed by atoms with Crippen molar-refractivity contribution in [3.63, 3.8) is 0 Å². The number of aryl methyl sites for hydroxylation is 1. The molecule has 0 aromatic carbocycles. The Labute approximate surface area is 78.1 Å². The fourth-order valence-corrected chi connectivity index (χ4v) is 2.36. The Kier molecular flexibility index (Phi) is 3.29. The molecule has 1 atom stereocenters. The van der Waals surface area contributed by atoms with E-state index in [4.69, 9.17) is 0 Å². The van der Waals surface area contributed by atoms with E-state index in [0.717, 1.165) is 11.3 Å². The predicted octanol–water partition coefficient (Wildman–Crippen LogP) is 3.00. The highest BCUT2D eigenvalue weighted by Crippen LogP contribution is 2.29. The molecule has 0 saturated carbocycles. The molecule has 1 rings (SSSR count). The summed E-state index contributed by atoms with van der Waals surface area (Å²) in [5.41, 5.74) is 1.29. The fourth-order valence-electron chi connectivity index (χ4n) is 1.20. The number of rotatable bonds is 3. The van der Waals surface area contributed by atoms with Crippen molar-refractivity contribution >= 4 is 11.3 Å². The molecule has 0 spiro atoms. The normalized spacial score (nSPS) is 13.8. The van der Waals surface area contributed by atoms with Crippen LogP contribution in [0.2, 0.25) is 0 Å². The first kappa shape index (κ1) is 9.75. The van der Waals surface area contributed by atoms with Crippen LogP contribution in [0.15, 0.2) is 11.4 Å². The van der Waals surface area contributed by atoms with Crippen LogP contribution in [0.3, 0.4) is 0 Å². The SMILES string of the molecule is CCc1ccsc1C(O)C(C)C. The number of aliphatic hydroxyl groups is 1. The molecule has 1 aromatic heterocycles. The second-order valence-corrected chi connectivity index (χ2v) is 4.30. The molecule has 0 amide bonds. The Balaban J connectivity index is 2.86. The van der Waals surface area contributed by atoms with Crippen LogP contribution in [-0.2, 0) is 6.42 Å². The van der Waals surface area contributed by atoms with Crippen molar-refractivity contribution < 1.29 is 5.11 Å². The van der Waals surface area contributed by atoms with Gasteiger partial charge in [0.1, 0.15) is 0 Å². The highest BCUT2D eigenvalue weighted by molar-refractivity contribution is 7.10. The first-order valence-electron chi connectivity index (χ1n) is 4.41. The van der Waals surface area contributed by atoms with E-state index in [9.17, 15) is 5.11 Å². The summed E-state index contributed by atoms with van der Waals surface area (Å²) in [7, 11) is 0. The van der Waals surface area contributed by atoms with Gasteiger partial charge >= 0.3 is 0 Å². The molecule has 0 saturated heterocycles. The molecule has 1 heterocycles. The van der Waals surface area contributed by atoms with Crippen molar-refractivity contribution in [1.82, 2.24) is 0 Å². The molecule has 0 aliphatic rings. The van der Waals surface area contributed by atoms with Crippen LogP contribution < -0.4 is 0 Å².